The van der Waals surface area contributed by atoms with Gasteiger partial charge in [0.15, 0.2) is 0 Å². The lowest BCUT2D eigenvalue weighted by atomic mass is 9.78. The summed E-state index contributed by atoms with van der Waals surface area (Å²) >= 11 is 1.71. The molecular weight excluding hydrogens is 368 g/mol. The molecular formula is C23H30N2O2S. The molecule has 2 heterocycles. The van der Waals surface area contributed by atoms with E-state index >= 15 is 0 Å². The molecule has 0 unspecified atom stereocenters. The van der Waals surface area contributed by atoms with Gasteiger partial charge < -0.3 is 10.2 Å². The summed E-state index contributed by atoms with van der Waals surface area (Å²) in [6, 6.07) is 12.5. The predicted octanol–water partition coefficient (Wildman–Crippen LogP) is 4.36. The van der Waals surface area contributed by atoms with E-state index in [1.165, 1.54) is 16.0 Å². The largest absolute Gasteiger partial charge is 0.356 e. The zero-order valence-corrected chi connectivity index (χ0v) is 17.8. The molecule has 0 aliphatic carbocycles. The monoisotopic (exact) mass is 398 g/mol. The van der Waals surface area contributed by atoms with Crippen molar-refractivity contribution in [1.82, 2.24) is 10.2 Å². The van der Waals surface area contributed by atoms with Crippen LogP contribution in [0.1, 0.15) is 39.2 Å². The molecule has 1 saturated heterocycles. The number of hydrogen-bond donors (Lipinski definition) is 1. The molecule has 28 heavy (non-hydrogen) atoms. The van der Waals surface area contributed by atoms with Crippen LogP contribution in [0, 0.1) is 11.3 Å². The first-order valence-corrected chi connectivity index (χ1v) is 11.0. The Morgan fingerprint density at radius 2 is 2.00 bits per heavy atom. The van der Waals surface area contributed by atoms with Gasteiger partial charge in [0.05, 0.1) is 5.41 Å². The smallest absolute Gasteiger partial charge is 0.228 e. The van der Waals surface area contributed by atoms with Crippen molar-refractivity contribution >= 4 is 23.2 Å². The highest BCUT2D eigenvalue weighted by molar-refractivity contribution is 7.13. The Bertz CT molecular complexity index is 816. The topological polar surface area (TPSA) is 49.4 Å². The highest BCUT2D eigenvalue weighted by atomic mass is 32.1. The quantitative estimate of drug-likeness (QED) is 0.753. The van der Waals surface area contributed by atoms with Crippen molar-refractivity contribution in [3.63, 3.8) is 0 Å². The van der Waals surface area contributed by atoms with Gasteiger partial charge in [-0.3, -0.25) is 9.59 Å². The predicted molar refractivity (Wildman–Crippen MR) is 115 cm³/mol. The molecule has 0 saturated carbocycles. The van der Waals surface area contributed by atoms with Gasteiger partial charge in [-0.2, -0.15) is 0 Å². The van der Waals surface area contributed by atoms with E-state index in [4.69, 9.17) is 0 Å². The van der Waals surface area contributed by atoms with Crippen LogP contribution in [0.15, 0.2) is 41.8 Å². The van der Waals surface area contributed by atoms with Gasteiger partial charge in [-0.15, -0.1) is 11.3 Å². The van der Waals surface area contributed by atoms with E-state index in [1.807, 2.05) is 24.0 Å². The van der Waals surface area contributed by atoms with Crippen LogP contribution in [-0.4, -0.2) is 36.3 Å². The van der Waals surface area contributed by atoms with Gasteiger partial charge in [-0.25, -0.2) is 0 Å². The van der Waals surface area contributed by atoms with E-state index in [0.717, 1.165) is 0 Å². The lowest BCUT2D eigenvalue weighted by Crippen LogP contribution is -2.45. The molecule has 1 atom stereocenters. The van der Waals surface area contributed by atoms with Gasteiger partial charge in [0.1, 0.15) is 0 Å². The first-order chi connectivity index (χ1) is 13.4. The summed E-state index contributed by atoms with van der Waals surface area (Å²) in [6.07, 6.45) is 1.90. The second-order valence-electron chi connectivity index (χ2n) is 8.11. The highest BCUT2D eigenvalue weighted by Gasteiger charge is 2.46. The minimum absolute atomic E-state index is 0.0656. The molecule has 2 amide bonds. The van der Waals surface area contributed by atoms with Crippen molar-refractivity contribution in [3.05, 3.63) is 47.3 Å². The zero-order valence-electron chi connectivity index (χ0n) is 17.0. The van der Waals surface area contributed by atoms with Crippen LogP contribution >= 0.6 is 11.3 Å². The molecule has 0 spiro atoms. The van der Waals surface area contributed by atoms with Crippen LogP contribution in [0.2, 0.25) is 0 Å². The average molecular weight is 399 g/mol. The fourth-order valence-electron chi connectivity index (χ4n) is 4.03. The van der Waals surface area contributed by atoms with Gasteiger partial charge >= 0.3 is 0 Å². The van der Waals surface area contributed by atoms with E-state index < -0.39 is 5.41 Å². The maximum absolute atomic E-state index is 13.1. The Hall–Kier alpha value is -2.14. The molecule has 3 rings (SSSR count). The Morgan fingerprint density at radius 3 is 2.68 bits per heavy atom. The molecule has 1 aromatic heterocycles. The Kier molecular flexibility index (Phi) is 6.55. The fourth-order valence-corrected chi connectivity index (χ4v) is 4.82. The number of amides is 2. The van der Waals surface area contributed by atoms with E-state index in [2.05, 4.69) is 48.8 Å². The van der Waals surface area contributed by atoms with Crippen LogP contribution in [0.25, 0.3) is 10.4 Å². The summed E-state index contributed by atoms with van der Waals surface area (Å²) in [4.78, 5) is 28.8. The maximum Gasteiger partial charge on any atom is 0.228 e. The number of carbonyl (C=O) groups excluding carboxylic acids is 2. The summed E-state index contributed by atoms with van der Waals surface area (Å²) < 4.78 is 0. The number of thiophene rings is 1. The molecule has 150 valence electrons. The summed E-state index contributed by atoms with van der Waals surface area (Å²) in [7, 11) is 0. The third kappa shape index (κ3) is 4.46. The van der Waals surface area contributed by atoms with E-state index in [-0.39, 0.29) is 11.8 Å². The lowest BCUT2D eigenvalue weighted by molar-refractivity contribution is -0.133. The van der Waals surface area contributed by atoms with E-state index in [9.17, 15) is 9.59 Å². The second kappa shape index (κ2) is 8.91. The first kappa shape index (κ1) is 20.6. The van der Waals surface area contributed by atoms with Crippen molar-refractivity contribution in [1.29, 1.82) is 0 Å². The number of nitrogens with one attached hydrogen (secondary N) is 1. The highest BCUT2D eigenvalue weighted by Crippen LogP contribution is 2.38. The molecule has 0 bridgehead atoms. The van der Waals surface area contributed by atoms with Gasteiger partial charge in [-0.05, 0) is 48.3 Å². The number of carbonyl (C=O) groups is 2. The minimum atomic E-state index is -0.560. The standard InChI is InChI=1S/C23H30N2O2S/c1-4-24-22(27)23(11-12-25(16-23)21(26)14-17(2)3)15-18-8-5-6-9-19(18)20-10-7-13-28-20/h5-10,13,17H,4,11-12,14-16H2,1-3H3,(H,24,27)/t23-/m0/s1. The molecule has 0 radical (unpaired) electrons. The van der Waals surface area contributed by atoms with Crippen molar-refractivity contribution in [2.45, 2.75) is 40.0 Å². The Morgan fingerprint density at radius 1 is 1.21 bits per heavy atom. The number of likely N-dealkylation sites (tertiary alicyclic amines) is 1. The average Bonchev–Trinajstić information content (AvgIpc) is 3.33. The molecule has 4 nitrogen and oxygen atoms in total. The van der Waals surface area contributed by atoms with Gasteiger partial charge in [-0.1, -0.05) is 44.2 Å². The third-order valence-corrected chi connectivity index (χ3v) is 6.34. The summed E-state index contributed by atoms with van der Waals surface area (Å²) in [6.45, 7) is 7.83. The minimum Gasteiger partial charge on any atom is -0.356 e. The molecule has 1 fully saturated rings. The zero-order chi connectivity index (χ0) is 20.1. The molecule has 5 heteroatoms. The molecule has 1 N–H and O–H groups in total. The van der Waals surface area contributed by atoms with Gasteiger partial charge in [0, 0.05) is 30.9 Å². The molecule has 1 aliphatic rings. The van der Waals surface area contributed by atoms with Crippen molar-refractivity contribution in [3.8, 4) is 10.4 Å². The lowest BCUT2D eigenvalue weighted by Gasteiger charge is -2.29. The van der Waals surface area contributed by atoms with Crippen LogP contribution < -0.4 is 5.32 Å². The summed E-state index contributed by atoms with van der Waals surface area (Å²) in [5.74, 6) is 0.551. The number of rotatable bonds is 7. The van der Waals surface area contributed by atoms with Gasteiger partial charge in [0.25, 0.3) is 0 Å². The van der Waals surface area contributed by atoms with E-state index in [0.29, 0.717) is 44.8 Å². The van der Waals surface area contributed by atoms with Gasteiger partial charge in [0.2, 0.25) is 11.8 Å². The summed E-state index contributed by atoms with van der Waals surface area (Å²) in [5.41, 5.74) is 1.80. The maximum atomic E-state index is 13.1. The van der Waals surface area contributed by atoms with Crippen molar-refractivity contribution in [2.75, 3.05) is 19.6 Å². The first-order valence-electron chi connectivity index (χ1n) is 10.1. The van der Waals surface area contributed by atoms with Crippen molar-refractivity contribution < 1.29 is 9.59 Å². The number of nitrogens with zero attached hydrogens (tertiary/aromatic N) is 1. The molecule has 1 aliphatic heterocycles. The van der Waals surface area contributed by atoms with Crippen molar-refractivity contribution in [2.24, 2.45) is 11.3 Å². The molecule has 2 aromatic rings. The van der Waals surface area contributed by atoms with Crippen LogP contribution in [0.4, 0.5) is 0 Å². The second-order valence-corrected chi connectivity index (χ2v) is 9.06. The third-order valence-electron chi connectivity index (χ3n) is 5.44. The number of benzene rings is 1. The Labute approximate surface area is 172 Å². The Balaban J connectivity index is 1.89. The summed E-state index contributed by atoms with van der Waals surface area (Å²) in [5, 5.41) is 5.11. The van der Waals surface area contributed by atoms with E-state index in [1.54, 1.807) is 11.3 Å². The van der Waals surface area contributed by atoms with Crippen LogP contribution in [-0.2, 0) is 16.0 Å². The fraction of sp³-hybridized carbons (Fsp3) is 0.478. The van der Waals surface area contributed by atoms with Crippen LogP contribution in [0.3, 0.4) is 0 Å². The number of hydrogen-bond acceptors (Lipinski definition) is 3. The van der Waals surface area contributed by atoms with Crippen LogP contribution in [0.5, 0.6) is 0 Å². The normalized spacial score (nSPS) is 19.2. The molecule has 1 aromatic carbocycles. The SMILES string of the molecule is CCNC(=O)[C@]1(Cc2ccccc2-c2cccs2)CCN(C(=O)CC(C)C)C1.